The number of rotatable bonds is 6. The van der Waals surface area contributed by atoms with Crippen LogP contribution in [0, 0.1) is 0 Å². The van der Waals surface area contributed by atoms with E-state index in [4.69, 9.17) is 0 Å². The lowest BCUT2D eigenvalue weighted by atomic mass is 10.1. The predicted octanol–water partition coefficient (Wildman–Crippen LogP) is 3.28. The highest BCUT2D eigenvalue weighted by atomic mass is 32.2. The van der Waals surface area contributed by atoms with Gasteiger partial charge in [0.15, 0.2) is 0 Å². The van der Waals surface area contributed by atoms with Crippen molar-refractivity contribution < 1.29 is 5.11 Å². The van der Waals surface area contributed by atoms with Crippen molar-refractivity contribution in [2.45, 2.75) is 26.5 Å². The number of benzene rings is 1. The second kappa shape index (κ2) is 6.12. The largest absolute Gasteiger partial charge is 0.392 e. The minimum absolute atomic E-state index is 0.116. The number of aliphatic hydroxyl groups excluding tert-OH is 1. The Kier molecular flexibility index (Phi) is 4.51. The number of fused-ring (bicyclic) bond motifs is 1. The van der Waals surface area contributed by atoms with Crippen molar-refractivity contribution in [3.8, 4) is 0 Å². The molecular weight excluding hydrogens is 230 g/mol. The molecule has 1 heterocycles. The van der Waals surface area contributed by atoms with E-state index in [0.29, 0.717) is 0 Å². The Morgan fingerprint density at radius 3 is 2.94 bits per heavy atom. The molecule has 0 saturated heterocycles. The summed E-state index contributed by atoms with van der Waals surface area (Å²) >= 11 is 1.98. The SMILES string of the molecule is CCSCCCn1ccc2cccc(CO)c21. The number of aliphatic hydroxyl groups is 1. The van der Waals surface area contributed by atoms with Crippen LogP contribution >= 0.6 is 11.8 Å². The average molecular weight is 249 g/mol. The fourth-order valence-corrected chi connectivity index (χ4v) is 2.76. The third kappa shape index (κ3) is 2.85. The van der Waals surface area contributed by atoms with E-state index in [2.05, 4.69) is 29.8 Å². The summed E-state index contributed by atoms with van der Waals surface area (Å²) in [4.78, 5) is 0. The van der Waals surface area contributed by atoms with E-state index in [1.807, 2.05) is 23.9 Å². The van der Waals surface area contributed by atoms with Crippen molar-refractivity contribution in [1.29, 1.82) is 0 Å². The number of aromatic nitrogens is 1. The van der Waals surface area contributed by atoms with Crippen LogP contribution in [0.1, 0.15) is 18.9 Å². The van der Waals surface area contributed by atoms with E-state index in [1.165, 1.54) is 28.8 Å². The van der Waals surface area contributed by atoms with Crippen LogP contribution in [0.2, 0.25) is 0 Å². The van der Waals surface area contributed by atoms with Crippen LogP contribution in [0.25, 0.3) is 10.9 Å². The molecule has 0 amide bonds. The Hall–Kier alpha value is -0.930. The molecule has 0 aliphatic heterocycles. The molecule has 0 unspecified atom stereocenters. The third-order valence-corrected chi connectivity index (χ3v) is 3.92. The summed E-state index contributed by atoms with van der Waals surface area (Å²) in [6.07, 6.45) is 3.31. The molecule has 0 fully saturated rings. The van der Waals surface area contributed by atoms with Crippen molar-refractivity contribution in [1.82, 2.24) is 4.57 Å². The van der Waals surface area contributed by atoms with Gasteiger partial charge < -0.3 is 9.67 Å². The Morgan fingerprint density at radius 1 is 1.29 bits per heavy atom. The molecule has 1 aromatic carbocycles. The standard InChI is InChI=1S/C14H19NOS/c1-2-17-10-4-8-15-9-7-12-5-3-6-13(11-16)14(12)15/h3,5-7,9,16H,2,4,8,10-11H2,1H3. The first-order valence-corrected chi connectivity index (χ1v) is 7.27. The van der Waals surface area contributed by atoms with Crippen molar-refractivity contribution in [2.75, 3.05) is 11.5 Å². The molecule has 1 N–H and O–H groups in total. The van der Waals surface area contributed by atoms with Gasteiger partial charge in [-0.3, -0.25) is 0 Å². The Balaban J connectivity index is 2.16. The Morgan fingerprint density at radius 2 is 2.18 bits per heavy atom. The van der Waals surface area contributed by atoms with Crippen LogP contribution in [0.5, 0.6) is 0 Å². The van der Waals surface area contributed by atoms with Crippen molar-refractivity contribution in [3.05, 3.63) is 36.0 Å². The number of nitrogens with zero attached hydrogens (tertiary/aromatic N) is 1. The summed E-state index contributed by atoms with van der Waals surface area (Å²) in [5.74, 6) is 2.39. The predicted molar refractivity (Wildman–Crippen MR) is 75.5 cm³/mol. The average Bonchev–Trinajstić information content (AvgIpc) is 2.78. The quantitative estimate of drug-likeness (QED) is 0.795. The molecular formula is C14H19NOS. The van der Waals surface area contributed by atoms with Crippen LogP contribution in [-0.4, -0.2) is 21.2 Å². The molecule has 0 aliphatic rings. The lowest BCUT2D eigenvalue weighted by Gasteiger charge is -2.08. The number of thioether (sulfide) groups is 1. The first-order chi connectivity index (χ1) is 8.36. The molecule has 0 radical (unpaired) electrons. The van der Waals surface area contributed by atoms with Crippen molar-refractivity contribution in [3.63, 3.8) is 0 Å². The normalized spacial score (nSPS) is 11.2. The Bertz CT molecular complexity index is 478. The molecule has 2 nitrogen and oxygen atoms in total. The highest BCUT2D eigenvalue weighted by Crippen LogP contribution is 2.21. The molecule has 0 saturated carbocycles. The van der Waals surface area contributed by atoms with Gasteiger partial charge in [-0.25, -0.2) is 0 Å². The zero-order valence-electron chi connectivity index (χ0n) is 10.2. The Labute approximate surface area is 107 Å². The third-order valence-electron chi connectivity index (χ3n) is 2.93. The molecule has 1 aromatic heterocycles. The second-order valence-corrected chi connectivity index (χ2v) is 5.47. The maximum absolute atomic E-state index is 9.37. The molecule has 0 atom stereocenters. The number of hydrogen-bond acceptors (Lipinski definition) is 2. The molecule has 0 aliphatic carbocycles. The van der Waals surface area contributed by atoms with Gasteiger partial charge in [0, 0.05) is 18.3 Å². The van der Waals surface area contributed by atoms with Crippen LogP contribution in [0.3, 0.4) is 0 Å². The molecule has 0 spiro atoms. The van der Waals surface area contributed by atoms with Gasteiger partial charge in [-0.05, 0) is 29.4 Å². The maximum Gasteiger partial charge on any atom is 0.0702 e. The van der Waals surface area contributed by atoms with Crippen LogP contribution in [-0.2, 0) is 13.2 Å². The summed E-state index contributed by atoms with van der Waals surface area (Å²) < 4.78 is 2.26. The van der Waals surface area contributed by atoms with Crippen LogP contribution in [0.4, 0.5) is 0 Å². The van der Waals surface area contributed by atoms with E-state index < -0.39 is 0 Å². The number of hydrogen-bond donors (Lipinski definition) is 1. The van der Waals surface area contributed by atoms with Gasteiger partial charge in [-0.2, -0.15) is 11.8 Å². The fraction of sp³-hybridized carbons (Fsp3) is 0.429. The maximum atomic E-state index is 9.37. The van der Waals surface area contributed by atoms with Gasteiger partial charge in [0.05, 0.1) is 12.1 Å². The van der Waals surface area contributed by atoms with E-state index >= 15 is 0 Å². The monoisotopic (exact) mass is 249 g/mol. The molecule has 2 aromatic rings. The smallest absolute Gasteiger partial charge is 0.0702 e. The molecule has 2 rings (SSSR count). The first-order valence-electron chi connectivity index (χ1n) is 6.12. The van der Waals surface area contributed by atoms with Crippen molar-refractivity contribution >= 4 is 22.7 Å². The summed E-state index contributed by atoms with van der Waals surface area (Å²) in [5, 5.41) is 10.6. The highest BCUT2D eigenvalue weighted by molar-refractivity contribution is 7.99. The van der Waals surface area contributed by atoms with Gasteiger partial charge in [0.25, 0.3) is 0 Å². The summed E-state index contributed by atoms with van der Waals surface area (Å²) in [6.45, 7) is 3.35. The zero-order valence-corrected chi connectivity index (χ0v) is 11.0. The number of para-hydroxylation sites is 1. The summed E-state index contributed by atoms with van der Waals surface area (Å²) in [5.41, 5.74) is 2.21. The topological polar surface area (TPSA) is 25.2 Å². The van der Waals surface area contributed by atoms with Gasteiger partial charge in [0.2, 0.25) is 0 Å². The van der Waals surface area contributed by atoms with Crippen LogP contribution in [0.15, 0.2) is 30.5 Å². The highest BCUT2D eigenvalue weighted by Gasteiger charge is 2.05. The molecule has 92 valence electrons. The van der Waals surface area contributed by atoms with Crippen molar-refractivity contribution in [2.24, 2.45) is 0 Å². The van der Waals surface area contributed by atoms with Gasteiger partial charge in [-0.1, -0.05) is 25.1 Å². The zero-order chi connectivity index (χ0) is 12.1. The summed E-state index contributed by atoms with van der Waals surface area (Å²) in [7, 11) is 0. The molecule has 17 heavy (non-hydrogen) atoms. The second-order valence-electron chi connectivity index (χ2n) is 4.07. The lowest BCUT2D eigenvalue weighted by molar-refractivity contribution is 0.283. The summed E-state index contributed by atoms with van der Waals surface area (Å²) in [6, 6.07) is 8.23. The lowest BCUT2D eigenvalue weighted by Crippen LogP contribution is -2.00. The first kappa shape index (κ1) is 12.5. The van der Waals surface area contributed by atoms with E-state index in [0.717, 1.165) is 12.1 Å². The van der Waals surface area contributed by atoms with Gasteiger partial charge >= 0.3 is 0 Å². The van der Waals surface area contributed by atoms with Gasteiger partial charge in [0.1, 0.15) is 0 Å². The van der Waals surface area contributed by atoms with E-state index in [-0.39, 0.29) is 6.61 Å². The van der Waals surface area contributed by atoms with E-state index in [1.54, 1.807) is 0 Å². The molecule has 0 bridgehead atoms. The number of aryl methyl sites for hydroxylation is 1. The van der Waals surface area contributed by atoms with Crippen LogP contribution < -0.4 is 0 Å². The fourth-order valence-electron chi connectivity index (χ4n) is 2.14. The van der Waals surface area contributed by atoms with Gasteiger partial charge in [-0.15, -0.1) is 0 Å². The minimum Gasteiger partial charge on any atom is -0.392 e. The minimum atomic E-state index is 0.116. The van der Waals surface area contributed by atoms with E-state index in [9.17, 15) is 5.11 Å². The molecule has 3 heteroatoms.